The molecule has 3 nitrogen and oxygen atoms in total. The molecule has 0 unspecified atom stereocenters. The van der Waals surface area contributed by atoms with Crippen molar-refractivity contribution in [3.8, 4) is 0 Å². The van der Waals surface area contributed by atoms with Gasteiger partial charge in [-0.15, -0.1) is 0 Å². The van der Waals surface area contributed by atoms with Gasteiger partial charge in [-0.2, -0.15) is 0 Å². The number of aryl methyl sites for hydroxylation is 1. The van der Waals surface area contributed by atoms with Crippen molar-refractivity contribution in [1.29, 1.82) is 0 Å². The molecule has 0 fully saturated rings. The smallest absolute Gasteiger partial charge is 0.170 e. The van der Waals surface area contributed by atoms with Gasteiger partial charge < -0.3 is 15.4 Å². The molecule has 0 saturated carbocycles. The SMILES string of the molecule is CCOCCCNC(=S)Nc1cc(F)c(C)cc1F. The lowest BCUT2D eigenvalue weighted by Crippen LogP contribution is -2.30. The van der Waals surface area contributed by atoms with Gasteiger partial charge in [0.05, 0.1) is 5.69 Å². The molecule has 0 aromatic heterocycles. The Morgan fingerprint density at radius 2 is 2.05 bits per heavy atom. The van der Waals surface area contributed by atoms with Crippen LogP contribution in [0.25, 0.3) is 0 Å². The topological polar surface area (TPSA) is 33.3 Å². The molecule has 0 saturated heterocycles. The minimum Gasteiger partial charge on any atom is -0.382 e. The summed E-state index contributed by atoms with van der Waals surface area (Å²) in [6.07, 6.45) is 0.792. The van der Waals surface area contributed by atoms with Gasteiger partial charge in [0.1, 0.15) is 11.6 Å². The van der Waals surface area contributed by atoms with E-state index in [1.807, 2.05) is 6.92 Å². The molecular formula is C13H18F2N2OS. The standard InChI is InChI=1S/C13H18F2N2OS/c1-3-18-6-4-5-16-13(19)17-12-8-10(14)9(2)7-11(12)15/h7-8H,3-6H2,1-2H3,(H2,16,17,19). The lowest BCUT2D eigenvalue weighted by Gasteiger charge is -2.12. The van der Waals surface area contributed by atoms with Gasteiger partial charge in [-0.1, -0.05) is 0 Å². The molecule has 0 bridgehead atoms. The van der Waals surface area contributed by atoms with Crippen LogP contribution in [0.2, 0.25) is 0 Å². The highest BCUT2D eigenvalue weighted by Gasteiger charge is 2.08. The van der Waals surface area contributed by atoms with E-state index in [2.05, 4.69) is 10.6 Å². The van der Waals surface area contributed by atoms with Crippen LogP contribution in [0.15, 0.2) is 12.1 Å². The first-order valence-electron chi connectivity index (χ1n) is 6.12. The fourth-order valence-electron chi connectivity index (χ4n) is 1.43. The van der Waals surface area contributed by atoms with Crippen LogP contribution in [0.3, 0.4) is 0 Å². The summed E-state index contributed by atoms with van der Waals surface area (Å²) >= 11 is 5.00. The molecule has 0 radical (unpaired) electrons. The summed E-state index contributed by atoms with van der Waals surface area (Å²) in [5.74, 6) is -1.000. The van der Waals surface area contributed by atoms with Gasteiger partial charge in [-0.25, -0.2) is 8.78 Å². The third kappa shape index (κ3) is 5.48. The summed E-state index contributed by atoms with van der Waals surface area (Å²) in [6, 6.07) is 2.23. The number of halogens is 2. The molecule has 0 aliphatic carbocycles. The van der Waals surface area contributed by atoms with E-state index in [4.69, 9.17) is 17.0 Å². The Balaban J connectivity index is 2.42. The maximum atomic E-state index is 13.5. The maximum Gasteiger partial charge on any atom is 0.170 e. The van der Waals surface area contributed by atoms with Crippen molar-refractivity contribution in [3.05, 3.63) is 29.3 Å². The number of benzene rings is 1. The van der Waals surface area contributed by atoms with Crippen LogP contribution >= 0.6 is 12.2 Å². The summed E-state index contributed by atoms with van der Waals surface area (Å²) in [4.78, 5) is 0. The van der Waals surface area contributed by atoms with Crippen molar-refractivity contribution in [2.24, 2.45) is 0 Å². The number of rotatable bonds is 6. The minimum absolute atomic E-state index is 0.0328. The van der Waals surface area contributed by atoms with Crippen molar-refractivity contribution >= 4 is 23.0 Å². The molecule has 19 heavy (non-hydrogen) atoms. The average Bonchev–Trinajstić information content (AvgIpc) is 2.35. The van der Waals surface area contributed by atoms with Crippen molar-refractivity contribution in [2.75, 3.05) is 25.1 Å². The summed E-state index contributed by atoms with van der Waals surface area (Å²) in [6.45, 7) is 5.36. The van der Waals surface area contributed by atoms with Gasteiger partial charge >= 0.3 is 0 Å². The number of hydrogen-bond acceptors (Lipinski definition) is 2. The highest BCUT2D eigenvalue weighted by molar-refractivity contribution is 7.80. The van der Waals surface area contributed by atoms with E-state index in [1.165, 1.54) is 6.92 Å². The first-order chi connectivity index (χ1) is 9.04. The molecule has 2 N–H and O–H groups in total. The van der Waals surface area contributed by atoms with Crippen LogP contribution < -0.4 is 10.6 Å². The van der Waals surface area contributed by atoms with Crippen molar-refractivity contribution in [1.82, 2.24) is 5.32 Å². The summed E-state index contributed by atoms with van der Waals surface area (Å²) in [7, 11) is 0. The number of hydrogen-bond donors (Lipinski definition) is 2. The van der Waals surface area contributed by atoms with Crippen LogP contribution in [0.1, 0.15) is 18.9 Å². The zero-order chi connectivity index (χ0) is 14.3. The zero-order valence-corrected chi connectivity index (χ0v) is 11.9. The summed E-state index contributed by atoms with van der Waals surface area (Å²) in [5.41, 5.74) is 0.295. The minimum atomic E-state index is -0.530. The van der Waals surface area contributed by atoms with Gasteiger partial charge in [0, 0.05) is 25.8 Å². The van der Waals surface area contributed by atoms with Crippen LogP contribution in [0, 0.1) is 18.6 Å². The highest BCUT2D eigenvalue weighted by atomic mass is 32.1. The lowest BCUT2D eigenvalue weighted by atomic mass is 10.2. The normalized spacial score (nSPS) is 10.3. The molecule has 0 amide bonds. The van der Waals surface area contributed by atoms with Crippen LogP contribution in [-0.4, -0.2) is 24.9 Å². The molecule has 1 aromatic carbocycles. The van der Waals surface area contributed by atoms with Crippen LogP contribution in [0.5, 0.6) is 0 Å². The van der Waals surface area contributed by atoms with Gasteiger partial charge in [0.15, 0.2) is 5.11 Å². The van der Waals surface area contributed by atoms with Crippen molar-refractivity contribution < 1.29 is 13.5 Å². The molecule has 106 valence electrons. The first kappa shape index (κ1) is 15.8. The first-order valence-corrected chi connectivity index (χ1v) is 6.53. The number of nitrogens with one attached hydrogen (secondary N) is 2. The van der Waals surface area contributed by atoms with E-state index in [0.717, 1.165) is 18.6 Å². The maximum absolute atomic E-state index is 13.5. The largest absolute Gasteiger partial charge is 0.382 e. The Morgan fingerprint density at radius 3 is 2.74 bits per heavy atom. The van der Waals surface area contributed by atoms with Gasteiger partial charge in [0.25, 0.3) is 0 Å². The highest BCUT2D eigenvalue weighted by Crippen LogP contribution is 2.18. The van der Waals surface area contributed by atoms with E-state index in [-0.39, 0.29) is 16.4 Å². The molecule has 1 aromatic rings. The Kier molecular flexibility index (Phi) is 6.66. The second-order valence-corrected chi connectivity index (χ2v) is 4.42. The number of anilines is 1. The number of ether oxygens (including phenoxy) is 1. The Morgan fingerprint density at radius 1 is 1.32 bits per heavy atom. The quantitative estimate of drug-likeness (QED) is 0.623. The van der Waals surface area contributed by atoms with E-state index < -0.39 is 11.6 Å². The monoisotopic (exact) mass is 288 g/mol. The predicted molar refractivity (Wildman–Crippen MR) is 76.4 cm³/mol. The van der Waals surface area contributed by atoms with E-state index >= 15 is 0 Å². The lowest BCUT2D eigenvalue weighted by molar-refractivity contribution is 0.146. The zero-order valence-electron chi connectivity index (χ0n) is 11.1. The molecule has 0 atom stereocenters. The third-order valence-corrected chi connectivity index (χ3v) is 2.70. The Hall–Kier alpha value is -1.27. The molecule has 0 heterocycles. The fraction of sp³-hybridized carbons (Fsp3) is 0.462. The summed E-state index contributed by atoms with van der Waals surface area (Å²) in [5, 5.41) is 5.80. The molecule has 0 aliphatic rings. The van der Waals surface area contributed by atoms with Gasteiger partial charge in [0.2, 0.25) is 0 Å². The Bertz CT molecular complexity index is 441. The van der Waals surface area contributed by atoms with Gasteiger partial charge in [-0.05, 0) is 44.1 Å². The van der Waals surface area contributed by atoms with Crippen molar-refractivity contribution in [2.45, 2.75) is 20.3 Å². The van der Waals surface area contributed by atoms with E-state index in [9.17, 15) is 8.78 Å². The molecule has 6 heteroatoms. The van der Waals surface area contributed by atoms with Crippen LogP contribution in [-0.2, 0) is 4.74 Å². The molecular weight excluding hydrogens is 270 g/mol. The van der Waals surface area contributed by atoms with E-state index in [0.29, 0.717) is 19.8 Å². The average molecular weight is 288 g/mol. The molecule has 1 rings (SSSR count). The predicted octanol–water partition coefficient (Wildman–Crippen LogP) is 2.99. The third-order valence-electron chi connectivity index (χ3n) is 2.45. The fourth-order valence-corrected chi connectivity index (χ4v) is 1.64. The van der Waals surface area contributed by atoms with Crippen LogP contribution in [0.4, 0.5) is 14.5 Å². The number of thiocarbonyl (C=S) groups is 1. The second-order valence-electron chi connectivity index (χ2n) is 4.01. The Labute approximate surface area is 117 Å². The second kappa shape index (κ2) is 8.01. The van der Waals surface area contributed by atoms with E-state index in [1.54, 1.807) is 0 Å². The van der Waals surface area contributed by atoms with Gasteiger partial charge in [-0.3, -0.25) is 0 Å². The molecule has 0 aliphatic heterocycles. The molecule has 0 spiro atoms. The van der Waals surface area contributed by atoms with Crippen molar-refractivity contribution in [3.63, 3.8) is 0 Å². The summed E-state index contributed by atoms with van der Waals surface area (Å²) < 4.78 is 32.0.